The normalized spacial score (nSPS) is 20.2. The number of hydrogen-bond donors (Lipinski definition) is 2. The first-order valence-electron chi connectivity index (χ1n) is 7.94. The van der Waals surface area contributed by atoms with Gasteiger partial charge in [0, 0.05) is 25.6 Å². The average molecular weight is 325 g/mol. The maximum Gasteiger partial charge on any atom is 0.262 e. The Labute approximate surface area is 136 Å². The predicted molar refractivity (Wildman–Crippen MR) is 86.2 cm³/mol. The molecule has 0 bridgehead atoms. The molecule has 1 fully saturated rings. The van der Waals surface area contributed by atoms with E-state index < -0.39 is 24.9 Å². The van der Waals surface area contributed by atoms with Gasteiger partial charge in [0.05, 0.1) is 12.6 Å². The Morgan fingerprint density at radius 2 is 2.04 bits per heavy atom. The van der Waals surface area contributed by atoms with E-state index in [2.05, 4.69) is 29.4 Å². The smallest absolute Gasteiger partial charge is 0.262 e. The predicted octanol–water partition coefficient (Wildman–Crippen LogP) is 2.14. The zero-order valence-electron chi connectivity index (χ0n) is 13.9. The number of carbonyl (C=O) groups excluding carboxylic acids is 1. The minimum Gasteiger partial charge on any atom is -0.351 e. The first kappa shape index (κ1) is 17.8. The van der Waals surface area contributed by atoms with Gasteiger partial charge in [0.15, 0.2) is 0 Å². The van der Waals surface area contributed by atoms with Crippen LogP contribution in [-0.2, 0) is 17.9 Å². The molecule has 23 heavy (non-hydrogen) atoms. The molecule has 1 heterocycles. The molecule has 0 aromatic heterocycles. The lowest BCUT2D eigenvalue weighted by Crippen LogP contribution is -2.40. The quantitative estimate of drug-likeness (QED) is 0.842. The molecule has 0 radical (unpaired) electrons. The maximum atomic E-state index is 13.2. The van der Waals surface area contributed by atoms with Crippen LogP contribution in [0, 0.1) is 0 Å². The van der Waals surface area contributed by atoms with Crippen molar-refractivity contribution in [1.29, 1.82) is 0 Å². The molecule has 128 valence electrons. The van der Waals surface area contributed by atoms with Gasteiger partial charge in [-0.1, -0.05) is 24.3 Å². The number of carbonyl (C=O) groups is 1. The molecule has 1 aromatic rings. The van der Waals surface area contributed by atoms with Crippen molar-refractivity contribution in [3.63, 3.8) is 0 Å². The number of nitrogens with one attached hydrogen (secondary N) is 2. The van der Waals surface area contributed by atoms with Crippen molar-refractivity contribution in [2.24, 2.45) is 0 Å². The molecular formula is C17H25F2N3O. The summed E-state index contributed by atoms with van der Waals surface area (Å²) in [5.74, 6) is -3.16. The summed E-state index contributed by atoms with van der Waals surface area (Å²) < 4.78 is 26.3. The van der Waals surface area contributed by atoms with Gasteiger partial charge < -0.3 is 5.32 Å². The molecule has 1 amide bonds. The zero-order chi connectivity index (χ0) is 17.0. The summed E-state index contributed by atoms with van der Waals surface area (Å²) in [4.78, 5) is 14.2. The third kappa shape index (κ3) is 4.97. The molecule has 2 rings (SSSR count). The van der Waals surface area contributed by atoms with E-state index in [9.17, 15) is 13.6 Å². The number of amides is 1. The first-order valence-corrected chi connectivity index (χ1v) is 7.94. The van der Waals surface area contributed by atoms with Crippen molar-refractivity contribution in [1.82, 2.24) is 15.5 Å². The summed E-state index contributed by atoms with van der Waals surface area (Å²) >= 11 is 0. The van der Waals surface area contributed by atoms with Gasteiger partial charge in [-0.05, 0) is 32.0 Å². The molecule has 6 heteroatoms. The van der Waals surface area contributed by atoms with Crippen molar-refractivity contribution in [2.75, 3.05) is 13.6 Å². The Bertz CT molecular complexity index is 548. The number of alkyl halides is 2. The van der Waals surface area contributed by atoms with Crippen LogP contribution in [0.15, 0.2) is 24.3 Å². The van der Waals surface area contributed by atoms with Crippen LogP contribution in [-0.4, -0.2) is 42.4 Å². The van der Waals surface area contributed by atoms with Gasteiger partial charge in [-0.15, -0.1) is 0 Å². The van der Waals surface area contributed by atoms with Gasteiger partial charge in [0.1, 0.15) is 0 Å². The highest BCUT2D eigenvalue weighted by atomic mass is 19.3. The lowest BCUT2D eigenvalue weighted by Gasteiger charge is -2.22. The van der Waals surface area contributed by atoms with Crippen LogP contribution in [0.2, 0.25) is 0 Å². The van der Waals surface area contributed by atoms with Crippen molar-refractivity contribution >= 4 is 5.91 Å². The molecule has 1 aliphatic rings. The van der Waals surface area contributed by atoms with Crippen molar-refractivity contribution in [3.05, 3.63) is 35.4 Å². The standard InChI is InChI=1S/C17H25F2N3O/c1-12(2)22(3)10-14-7-5-4-6-13(14)9-20-16(23)15-8-17(18,19)11-21-15/h4-7,12,15,21H,8-11H2,1-3H3,(H,20,23). The van der Waals surface area contributed by atoms with Gasteiger partial charge in [0.25, 0.3) is 5.92 Å². The van der Waals surface area contributed by atoms with Crippen LogP contribution in [0.4, 0.5) is 8.78 Å². The summed E-state index contributed by atoms with van der Waals surface area (Å²) in [6, 6.07) is 7.48. The molecule has 2 N–H and O–H groups in total. The fraction of sp³-hybridized carbons (Fsp3) is 0.588. The first-order chi connectivity index (χ1) is 10.8. The molecule has 1 aliphatic heterocycles. The molecule has 0 saturated carbocycles. The van der Waals surface area contributed by atoms with Gasteiger partial charge in [-0.2, -0.15) is 0 Å². The lowest BCUT2D eigenvalue weighted by molar-refractivity contribution is -0.123. The number of rotatable bonds is 6. The van der Waals surface area contributed by atoms with Crippen molar-refractivity contribution in [3.8, 4) is 0 Å². The van der Waals surface area contributed by atoms with Crippen LogP contribution >= 0.6 is 0 Å². The fourth-order valence-corrected chi connectivity index (χ4v) is 2.54. The van der Waals surface area contributed by atoms with Crippen molar-refractivity contribution < 1.29 is 13.6 Å². The van der Waals surface area contributed by atoms with Crippen LogP contribution in [0.1, 0.15) is 31.4 Å². The molecule has 1 aromatic carbocycles. The molecule has 1 atom stereocenters. The highest BCUT2D eigenvalue weighted by Gasteiger charge is 2.42. The van der Waals surface area contributed by atoms with E-state index in [-0.39, 0.29) is 5.91 Å². The highest BCUT2D eigenvalue weighted by Crippen LogP contribution is 2.25. The van der Waals surface area contributed by atoms with Crippen molar-refractivity contribution in [2.45, 2.75) is 51.4 Å². The molecule has 4 nitrogen and oxygen atoms in total. The minimum absolute atomic E-state index is 0.352. The Kier molecular flexibility index (Phi) is 5.70. The van der Waals surface area contributed by atoms with Crippen LogP contribution in [0.25, 0.3) is 0 Å². The van der Waals surface area contributed by atoms with E-state index in [4.69, 9.17) is 0 Å². The third-order valence-corrected chi connectivity index (χ3v) is 4.30. The summed E-state index contributed by atoms with van der Waals surface area (Å²) in [5, 5.41) is 5.34. The van der Waals surface area contributed by atoms with E-state index in [0.29, 0.717) is 12.6 Å². The molecular weight excluding hydrogens is 300 g/mol. The van der Waals surface area contributed by atoms with Gasteiger partial charge in [-0.25, -0.2) is 8.78 Å². The fourth-order valence-electron chi connectivity index (χ4n) is 2.54. The second-order valence-corrected chi connectivity index (χ2v) is 6.49. The maximum absolute atomic E-state index is 13.2. The second-order valence-electron chi connectivity index (χ2n) is 6.49. The summed E-state index contributed by atoms with van der Waals surface area (Å²) in [6.45, 7) is 4.95. The van der Waals surface area contributed by atoms with E-state index in [1.54, 1.807) is 0 Å². The van der Waals surface area contributed by atoms with Gasteiger partial charge >= 0.3 is 0 Å². The number of halogens is 2. The van der Waals surface area contributed by atoms with Crippen LogP contribution < -0.4 is 10.6 Å². The molecule has 0 aliphatic carbocycles. The lowest BCUT2D eigenvalue weighted by atomic mass is 10.1. The Morgan fingerprint density at radius 1 is 1.39 bits per heavy atom. The molecule has 0 spiro atoms. The number of hydrogen-bond acceptors (Lipinski definition) is 3. The SMILES string of the molecule is CC(C)N(C)Cc1ccccc1CNC(=O)C1CC(F)(F)CN1. The Balaban J connectivity index is 1.94. The summed E-state index contributed by atoms with van der Waals surface area (Å²) in [7, 11) is 2.05. The second kappa shape index (κ2) is 7.36. The topological polar surface area (TPSA) is 44.4 Å². The average Bonchev–Trinajstić information content (AvgIpc) is 2.86. The van der Waals surface area contributed by atoms with E-state index in [0.717, 1.165) is 17.7 Å². The van der Waals surface area contributed by atoms with E-state index in [1.165, 1.54) is 0 Å². The van der Waals surface area contributed by atoms with Crippen LogP contribution in [0.3, 0.4) is 0 Å². The number of benzene rings is 1. The largest absolute Gasteiger partial charge is 0.351 e. The highest BCUT2D eigenvalue weighted by molar-refractivity contribution is 5.82. The monoisotopic (exact) mass is 325 g/mol. The molecule has 1 saturated heterocycles. The summed E-state index contributed by atoms with van der Waals surface area (Å²) in [6.07, 6.45) is -0.434. The molecule has 1 unspecified atom stereocenters. The summed E-state index contributed by atoms with van der Waals surface area (Å²) in [5.41, 5.74) is 2.15. The Hall–Kier alpha value is -1.53. The zero-order valence-corrected chi connectivity index (χ0v) is 13.9. The van der Waals surface area contributed by atoms with Crippen LogP contribution in [0.5, 0.6) is 0 Å². The Morgan fingerprint density at radius 3 is 2.61 bits per heavy atom. The van der Waals surface area contributed by atoms with Gasteiger partial charge in [-0.3, -0.25) is 15.0 Å². The van der Waals surface area contributed by atoms with E-state index in [1.807, 2.05) is 31.3 Å². The third-order valence-electron chi connectivity index (χ3n) is 4.30. The number of nitrogens with zero attached hydrogens (tertiary/aromatic N) is 1. The minimum atomic E-state index is -2.79. The van der Waals surface area contributed by atoms with Gasteiger partial charge in [0.2, 0.25) is 5.91 Å². The van der Waals surface area contributed by atoms with E-state index >= 15 is 0 Å².